The molecule has 0 aliphatic carbocycles. The Morgan fingerprint density at radius 3 is 2.12 bits per heavy atom. The lowest BCUT2D eigenvalue weighted by Crippen LogP contribution is -2.47. The molecule has 6 nitrogen and oxygen atoms in total. The molecule has 1 N–H and O–H groups in total. The van der Waals surface area contributed by atoms with Crippen LogP contribution in [0, 0.1) is 0 Å². The van der Waals surface area contributed by atoms with E-state index >= 15 is 0 Å². The van der Waals surface area contributed by atoms with E-state index < -0.39 is 29.3 Å². The van der Waals surface area contributed by atoms with E-state index in [1.807, 2.05) is 74.7 Å². The molecule has 0 fully saturated rings. The number of hydrogen-bond donors (Lipinski definition) is 1. The number of hydrogen-bond acceptors (Lipinski definition) is 6. The zero-order valence-corrected chi connectivity index (χ0v) is 20.5. The van der Waals surface area contributed by atoms with Gasteiger partial charge in [0.05, 0.1) is 0 Å². The van der Waals surface area contributed by atoms with Gasteiger partial charge >= 0.3 is 12.1 Å². The average molecular weight is 460 g/mol. The van der Waals surface area contributed by atoms with Crippen LogP contribution in [0.1, 0.15) is 45.7 Å². The van der Waals surface area contributed by atoms with Crippen LogP contribution in [-0.4, -0.2) is 35.9 Å². The van der Waals surface area contributed by atoms with Crippen molar-refractivity contribution in [2.45, 2.75) is 58.3 Å². The van der Waals surface area contributed by atoms with E-state index in [4.69, 9.17) is 14.2 Å². The van der Waals surface area contributed by atoms with Crippen LogP contribution >= 0.6 is 11.8 Å². The van der Waals surface area contributed by atoms with Crippen molar-refractivity contribution >= 4 is 23.8 Å². The molecular formula is C25H33NO5S. The van der Waals surface area contributed by atoms with Gasteiger partial charge in [0.25, 0.3) is 0 Å². The molecule has 0 aromatic heterocycles. The second-order valence-corrected chi connectivity index (χ2v) is 9.71. The minimum atomic E-state index is -0.911. The van der Waals surface area contributed by atoms with Crippen LogP contribution < -0.4 is 10.1 Å². The topological polar surface area (TPSA) is 73.9 Å². The Hall–Kier alpha value is -2.67. The fraction of sp³-hybridized carbons (Fsp3) is 0.440. The lowest BCUT2D eigenvalue weighted by Gasteiger charge is -2.29. The molecule has 2 aromatic rings. The first-order chi connectivity index (χ1) is 15.0. The summed E-state index contributed by atoms with van der Waals surface area (Å²) >= 11 is 1.59. The van der Waals surface area contributed by atoms with E-state index in [1.165, 1.54) is 0 Å². The van der Waals surface area contributed by atoms with Gasteiger partial charge in [-0.05, 0) is 64.1 Å². The van der Waals surface area contributed by atoms with Crippen LogP contribution in [0.15, 0.2) is 54.6 Å². The fourth-order valence-corrected chi connectivity index (χ4v) is 3.20. The van der Waals surface area contributed by atoms with Crippen molar-refractivity contribution in [2.24, 2.45) is 0 Å². The Labute approximate surface area is 195 Å². The maximum atomic E-state index is 13.1. The number of carbonyl (C=O) groups excluding carboxylic acids is 2. The average Bonchev–Trinajstić information content (AvgIpc) is 2.71. The number of alkyl carbamates (subject to hydrolysis) is 1. The SMILES string of the molecule is CSCOc1ccc(C[C@@H](NC(=O)OC(C)(C)C)C(=O)OC(C)(C)c2ccccc2)cc1. The van der Waals surface area contributed by atoms with Crippen molar-refractivity contribution in [1.29, 1.82) is 0 Å². The molecule has 1 atom stereocenters. The van der Waals surface area contributed by atoms with Crippen molar-refractivity contribution in [3.63, 3.8) is 0 Å². The highest BCUT2D eigenvalue weighted by molar-refractivity contribution is 7.98. The molecule has 0 saturated carbocycles. The van der Waals surface area contributed by atoms with Gasteiger partial charge in [0.1, 0.15) is 28.9 Å². The molecular weight excluding hydrogens is 426 g/mol. The summed E-state index contributed by atoms with van der Waals surface area (Å²) in [6.07, 6.45) is 1.55. The largest absolute Gasteiger partial charge is 0.483 e. The summed E-state index contributed by atoms with van der Waals surface area (Å²) in [5, 5.41) is 2.67. The molecule has 2 aromatic carbocycles. The van der Waals surface area contributed by atoms with Crippen LogP contribution in [0.4, 0.5) is 4.79 Å². The number of thioether (sulfide) groups is 1. The van der Waals surface area contributed by atoms with Crippen molar-refractivity contribution in [3.8, 4) is 5.75 Å². The lowest BCUT2D eigenvalue weighted by atomic mass is 9.98. The number of rotatable bonds is 9. The third-order valence-electron chi connectivity index (χ3n) is 4.51. The van der Waals surface area contributed by atoms with Gasteiger partial charge < -0.3 is 19.5 Å². The molecule has 0 unspecified atom stereocenters. The third-order valence-corrected chi connectivity index (χ3v) is 4.86. The minimum Gasteiger partial charge on any atom is -0.483 e. The van der Waals surface area contributed by atoms with Crippen LogP contribution in [0.3, 0.4) is 0 Å². The Morgan fingerprint density at radius 2 is 1.56 bits per heavy atom. The molecule has 0 spiro atoms. The van der Waals surface area contributed by atoms with Gasteiger partial charge in [-0.1, -0.05) is 42.5 Å². The molecule has 0 aliphatic rings. The molecule has 174 valence electrons. The lowest BCUT2D eigenvalue weighted by molar-refractivity contribution is -0.160. The molecule has 0 heterocycles. The molecule has 0 saturated heterocycles. The maximum Gasteiger partial charge on any atom is 0.408 e. The zero-order valence-electron chi connectivity index (χ0n) is 19.6. The first kappa shape index (κ1) is 25.6. The van der Waals surface area contributed by atoms with Crippen molar-refractivity contribution < 1.29 is 23.8 Å². The summed E-state index contributed by atoms with van der Waals surface area (Å²) in [6.45, 7) is 8.95. The van der Waals surface area contributed by atoms with Crippen molar-refractivity contribution in [3.05, 3.63) is 65.7 Å². The van der Waals surface area contributed by atoms with Crippen LogP contribution in [0.25, 0.3) is 0 Å². The number of amides is 1. The quantitative estimate of drug-likeness (QED) is 0.405. The summed E-state index contributed by atoms with van der Waals surface area (Å²) in [4.78, 5) is 25.5. The second kappa shape index (κ2) is 11.3. The van der Waals surface area contributed by atoms with Crippen LogP contribution in [0.5, 0.6) is 5.75 Å². The number of carbonyl (C=O) groups is 2. The van der Waals surface area contributed by atoms with E-state index in [0.717, 1.165) is 16.9 Å². The van der Waals surface area contributed by atoms with Gasteiger partial charge in [0.15, 0.2) is 0 Å². The van der Waals surface area contributed by atoms with Gasteiger partial charge in [-0.3, -0.25) is 0 Å². The normalized spacial score (nSPS) is 12.6. The number of ether oxygens (including phenoxy) is 3. The summed E-state index contributed by atoms with van der Waals surface area (Å²) in [5.41, 5.74) is 0.177. The Morgan fingerprint density at radius 1 is 0.938 bits per heavy atom. The predicted octanol–water partition coefficient (Wildman–Crippen LogP) is 5.30. The molecule has 0 radical (unpaired) electrons. The van der Waals surface area contributed by atoms with Gasteiger partial charge in [0, 0.05) is 6.42 Å². The van der Waals surface area contributed by atoms with Crippen molar-refractivity contribution in [2.75, 3.05) is 12.2 Å². The van der Waals surface area contributed by atoms with Crippen molar-refractivity contribution in [1.82, 2.24) is 5.32 Å². The van der Waals surface area contributed by atoms with E-state index in [-0.39, 0.29) is 6.42 Å². The molecule has 1 amide bonds. The summed E-state index contributed by atoms with van der Waals surface area (Å²) < 4.78 is 16.8. The Kier molecular flexibility index (Phi) is 9.01. The summed E-state index contributed by atoms with van der Waals surface area (Å²) in [6, 6.07) is 16.0. The highest BCUT2D eigenvalue weighted by Crippen LogP contribution is 2.25. The van der Waals surface area contributed by atoms with Gasteiger partial charge in [0.2, 0.25) is 0 Å². The third kappa shape index (κ3) is 8.46. The standard InChI is InChI=1S/C25H33NO5S/c1-24(2,3)31-23(28)26-21(16-18-12-14-20(15-13-18)29-17-32-6)22(27)30-25(4,5)19-10-8-7-9-11-19/h7-15,21H,16-17H2,1-6H3,(H,26,28)/t21-/m1/s1. The van der Waals surface area contributed by atoms with E-state index in [1.54, 1.807) is 32.5 Å². The van der Waals surface area contributed by atoms with Gasteiger partial charge in [-0.15, -0.1) is 11.8 Å². The van der Waals surface area contributed by atoms with Crippen LogP contribution in [0.2, 0.25) is 0 Å². The molecule has 32 heavy (non-hydrogen) atoms. The number of nitrogens with one attached hydrogen (secondary N) is 1. The highest BCUT2D eigenvalue weighted by atomic mass is 32.2. The highest BCUT2D eigenvalue weighted by Gasteiger charge is 2.32. The second-order valence-electron chi connectivity index (χ2n) is 8.90. The Balaban J connectivity index is 2.17. The molecule has 7 heteroatoms. The fourth-order valence-electron chi connectivity index (χ4n) is 2.95. The minimum absolute atomic E-state index is 0.256. The Bertz CT molecular complexity index is 875. The molecule has 0 bridgehead atoms. The van der Waals surface area contributed by atoms with Gasteiger partial charge in [-0.2, -0.15) is 0 Å². The molecule has 0 aliphatic heterocycles. The summed E-state index contributed by atoms with van der Waals surface area (Å²) in [5.74, 6) is 0.767. The monoisotopic (exact) mass is 459 g/mol. The maximum absolute atomic E-state index is 13.1. The number of benzene rings is 2. The smallest absolute Gasteiger partial charge is 0.408 e. The van der Waals surface area contributed by atoms with Crippen LogP contribution in [-0.2, 0) is 26.3 Å². The van der Waals surface area contributed by atoms with E-state index in [2.05, 4.69) is 5.32 Å². The predicted molar refractivity (Wildman–Crippen MR) is 128 cm³/mol. The first-order valence-electron chi connectivity index (χ1n) is 10.5. The van der Waals surface area contributed by atoms with E-state index in [0.29, 0.717) is 5.94 Å². The first-order valence-corrected chi connectivity index (χ1v) is 11.9. The zero-order chi connectivity index (χ0) is 23.8. The van der Waals surface area contributed by atoms with E-state index in [9.17, 15) is 9.59 Å². The summed E-state index contributed by atoms with van der Waals surface area (Å²) in [7, 11) is 0. The number of esters is 1. The molecule has 2 rings (SSSR count). The van der Waals surface area contributed by atoms with Gasteiger partial charge in [-0.25, -0.2) is 9.59 Å².